The molecule has 8 heteroatoms. The zero-order valence-corrected chi connectivity index (χ0v) is 55.2. The van der Waals surface area contributed by atoms with Crippen molar-refractivity contribution in [3.05, 3.63) is 362 Å². The molecule has 0 radical (unpaired) electrons. The predicted molar refractivity (Wildman–Crippen MR) is 422 cm³/mol. The Morgan fingerprint density at radius 3 is 1.31 bits per heavy atom. The lowest BCUT2D eigenvalue weighted by molar-refractivity contribution is 1.01. The van der Waals surface area contributed by atoms with E-state index >= 15 is 0 Å². The quantitative estimate of drug-likeness (QED) is 0.127. The van der Waals surface area contributed by atoms with Gasteiger partial charge in [0.15, 0.2) is 0 Å². The molecule has 5 heterocycles. The van der Waals surface area contributed by atoms with Gasteiger partial charge in [0.1, 0.15) is 12.2 Å². The van der Waals surface area contributed by atoms with E-state index in [9.17, 15) is 0 Å². The van der Waals surface area contributed by atoms with Crippen molar-refractivity contribution in [2.45, 2.75) is 6.42 Å². The summed E-state index contributed by atoms with van der Waals surface area (Å²) in [5.41, 5.74) is 20.3. The fraction of sp³-hybridized carbons (Fsp3) is 0.0108. The number of hydrogen-bond acceptors (Lipinski definition) is 4. The minimum Gasteiger partial charge on any atom is -0.309 e. The summed E-state index contributed by atoms with van der Waals surface area (Å²) < 4.78 is 6.96. The summed E-state index contributed by atoms with van der Waals surface area (Å²) in [4.78, 5) is 19.7. The van der Waals surface area contributed by atoms with Gasteiger partial charge in [-0.1, -0.05) is 224 Å². The minimum absolute atomic E-state index is 0.254. The number of rotatable bonds is 5. The van der Waals surface area contributed by atoms with Crippen molar-refractivity contribution < 1.29 is 0 Å². The van der Waals surface area contributed by atoms with E-state index < -0.39 is 0 Å². The molecule has 22 rings (SSSR count). The third-order valence-electron chi connectivity index (χ3n) is 20.4. The van der Waals surface area contributed by atoms with Gasteiger partial charge < -0.3 is 9.13 Å². The summed E-state index contributed by atoms with van der Waals surface area (Å²) in [7, 11) is 0. The van der Waals surface area contributed by atoms with Crippen LogP contribution < -0.4 is 0 Å². The Bertz CT molecular complexity index is 6960. The SMILES string of the molecule is Clc1nc(-c2ccc3c4ccccc4n(-c4ccc5ccccc5c4)c3c2)c2ccccc2n1.[C+]1=CC2=C(C=C1)c1cc3ccccc3cc1C2.c1ccc2cc(-n3c4ccccc4c4ccc(-c5nc(-n6c7ccccc7c7cc8ccccc8cc76)nc6ccccc56)cc43)ccc2c1. The van der Waals surface area contributed by atoms with Gasteiger partial charge in [-0.05, 0) is 151 Å². The van der Waals surface area contributed by atoms with Crippen LogP contribution in [-0.4, -0.2) is 33.6 Å². The van der Waals surface area contributed by atoms with Crippen LogP contribution in [0.2, 0.25) is 5.28 Å². The highest BCUT2D eigenvalue weighted by atomic mass is 35.5. The number of aromatic nitrogens is 7. The van der Waals surface area contributed by atoms with Gasteiger partial charge in [0.25, 0.3) is 0 Å². The van der Waals surface area contributed by atoms with E-state index in [2.05, 4.69) is 333 Å². The molecule has 20 aromatic rings. The van der Waals surface area contributed by atoms with Crippen molar-refractivity contribution in [3.63, 3.8) is 0 Å². The Morgan fingerprint density at radius 2 is 0.733 bits per heavy atom. The average Bonchev–Trinajstić information content (AvgIpc) is 1.61. The summed E-state index contributed by atoms with van der Waals surface area (Å²) in [6, 6.07) is 112. The van der Waals surface area contributed by atoms with Crippen molar-refractivity contribution in [1.82, 2.24) is 33.6 Å². The second-order valence-corrected chi connectivity index (χ2v) is 26.5. The highest BCUT2D eigenvalue weighted by molar-refractivity contribution is 6.29. The predicted octanol–water partition coefficient (Wildman–Crippen LogP) is 24.1. The van der Waals surface area contributed by atoms with E-state index in [0.29, 0.717) is 5.95 Å². The summed E-state index contributed by atoms with van der Waals surface area (Å²) in [6.07, 6.45) is 10.5. The molecule has 101 heavy (non-hydrogen) atoms. The van der Waals surface area contributed by atoms with Crippen LogP contribution in [0.25, 0.3) is 176 Å². The number of benzene rings is 15. The zero-order chi connectivity index (χ0) is 66.7. The lowest BCUT2D eigenvalue weighted by atomic mass is 9.99. The Labute approximate surface area is 585 Å². The molecule has 7 nitrogen and oxygen atoms in total. The largest absolute Gasteiger partial charge is 0.309 e. The maximum Gasteiger partial charge on any atom is 0.235 e. The summed E-state index contributed by atoms with van der Waals surface area (Å²) >= 11 is 6.31. The highest BCUT2D eigenvalue weighted by Gasteiger charge is 2.27. The monoisotopic (exact) mass is 1310 g/mol. The smallest absolute Gasteiger partial charge is 0.235 e. The van der Waals surface area contributed by atoms with Gasteiger partial charge in [-0.25, -0.2) is 19.9 Å². The van der Waals surface area contributed by atoms with Crippen molar-refractivity contribution >= 4 is 147 Å². The molecule has 2 aliphatic carbocycles. The van der Waals surface area contributed by atoms with E-state index in [1.807, 2.05) is 30.3 Å². The molecule has 0 amide bonds. The number of nitrogens with zero attached hydrogens (tertiary/aromatic N) is 7. The van der Waals surface area contributed by atoms with Gasteiger partial charge in [-0.3, -0.25) is 4.57 Å². The van der Waals surface area contributed by atoms with Crippen molar-refractivity contribution in [1.29, 1.82) is 0 Å². The second-order valence-electron chi connectivity index (χ2n) is 26.2. The van der Waals surface area contributed by atoms with Gasteiger partial charge in [0.2, 0.25) is 11.2 Å². The lowest BCUT2D eigenvalue weighted by Crippen LogP contribution is -2.03. The number of halogens is 1. The van der Waals surface area contributed by atoms with E-state index in [4.69, 9.17) is 21.6 Å². The van der Waals surface area contributed by atoms with Crippen LogP contribution in [0.3, 0.4) is 0 Å². The van der Waals surface area contributed by atoms with E-state index in [1.54, 1.807) is 0 Å². The second kappa shape index (κ2) is 23.5. The molecule has 0 saturated heterocycles. The molecule has 2 aliphatic rings. The first-order valence-corrected chi connectivity index (χ1v) is 34.5. The Hall–Kier alpha value is -13.2. The molecule has 5 aromatic heterocycles. The van der Waals surface area contributed by atoms with Crippen LogP contribution in [0, 0.1) is 6.08 Å². The zero-order valence-electron chi connectivity index (χ0n) is 54.5. The molecule has 0 fully saturated rings. The number of fused-ring (bicyclic) bond motifs is 17. The lowest BCUT2D eigenvalue weighted by Gasteiger charge is -2.13. The third kappa shape index (κ3) is 9.78. The van der Waals surface area contributed by atoms with Gasteiger partial charge in [0, 0.05) is 83.7 Å². The maximum absolute atomic E-state index is 6.31. The van der Waals surface area contributed by atoms with Crippen LogP contribution in [0.15, 0.2) is 339 Å². The van der Waals surface area contributed by atoms with Crippen LogP contribution in [-0.2, 0) is 6.42 Å². The molecular weight excluding hydrogens is 1250 g/mol. The van der Waals surface area contributed by atoms with E-state index in [-0.39, 0.29) is 5.28 Å². The Morgan fingerprint density at radius 1 is 0.307 bits per heavy atom. The van der Waals surface area contributed by atoms with Crippen LogP contribution >= 0.6 is 11.6 Å². The minimum atomic E-state index is 0.254. The fourth-order valence-electron chi connectivity index (χ4n) is 15.7. The Balaban J connectivity index is 0.000000115. The molecule has 0 spiro atoms. The highest BCUT2D eigenvalue weighted by Crippen LogP contribution is 2.43. The van der Waals surface area contributed by atoms with Gasteiger partial charge in [0.05, 0.1) is 72.7 Å². The molecule has 15 aromatic carbocycles. The molecule has 0 bridgehead atoms. The third-order valence-corrected chi connectivity index (χ3v) is 20.5. The molecule has 0 aliphatic heterocycles. The van der Waals surface area contributed by atoms with Crippen molar-refractivity contribution in [2.24, 2.45) is 0 Å². The maximum atomic E-state index is 6.31. The first-order chi connectivity index (χ1) is 50.0. The summed E-state index contributed by atoms with van der Waals surface area (Å²) in [5.74, 6) is 0.662. The number of allylic oxidation sites excluding steroid dienone is 6. The number of para-hydroxylation sites is 5. The van der Waals surface area contributed by atoms with Gasteiger partial charge >= 0.3 is 0 Å². The van der Waals surface area contributed by atoms with E-state index in [0.717, 1.165) is 84.2 Å². The summed E-state index contributed by atoms with van der Waals surface area (Å²) in [5, 5.41) is 19.5. The molecule has 0 atom stereocenters. The molecule has 0 N–H and O–H groups in total. The summed E-state index contributed by atoms with van der Waals surface area (Å²) in [6.45, 7) is 0. The normalized spacial score (nSPS) is 12.6. The van der Waals surface area contributed by atoms with Gasteiger partial charge in [-0.2, -0.15) is 0 Å². The first kappa shape index (κ1) is 58.0. The van der Waals surface area contributed by atoms with Crippen LogP contribution in [0.4, 0.5) is 0 Å². The van der Waals surface area contributed by atoms with Crippen LogP contribution in [0.1, 0.15) is 11.1 Å². The van der Waals surface area contributed by atoms with E-state index in [1.165, 1.54) is 109 Å². The number of hydrogen-bond donors (Lipinski definition) is 0. The molecule has 470 valence electrons. The molecule has 0 saturated carbocycles. The van der Waals surface area contributed by atoms with Crippen LogP contribution in [0.5, 0.6) is 0 Å². The topological polar surface area (TPSA) is 66.3 Å². The standard InChI is InChI=1S/C46H28N4.C30H18ClN3.C17H11/c1-2-12-30-25-34(23-21-29(30)11-1)49-41-19-9-6-15-35(41)37-24-22-33(28-43(37)49)45-38-17-5-8-18-40(38)47-46(48-45)50-42-20-10-7-16-36(42)39-26-31-13-3-4-14-32(31)27-44(39)50;31-30-32-26-11-5-3-10-25(26)29(33-30)21-14-16-24-23-9-4-6-12-27(23)34(28(24)18-21)22-15-13-19-7-1-2-8-20(19)17-22;1-2-6-13-11-17-15(9-12(13)5-1)10-14-7-3-4-8-16(14)17/h1-28H;1-18H;1-2,4-9,11H,10H2/q;;+1. The fourth-order valence-corrected chi connectivity index (χ4v) is 15.9. The molecule has 0 unspecified atom stereocenters. The first-order valence-electron chi connectivity index (χ1n) is 34.1. The molecular formula is C93H57ClN7+. The Kier molecular flexibility index (Phi) is 13.5. The van der Waals surface area contributed by atoms with Crippen molar-refractivity contribution in [2.75, 3.05) is 0 Å². The van der Waals surface area contributed by atoms with Crippen molar-refractivity contribution in [3.8, 4) is 39.8 Å². The van der Waals surface area contributed by atoms with Gasteiger partial charge in [-0.15, -0.1) is 0 Å². The average molecular weight is 1310 g/mol.